The Hall–Kier alpha value is -5.83. The van der Waals surface area contributed by atoms with Crippen molar-refractivity contribution < 1.29 is 0 Å². The van der Waals surface area contributed by atoms with Crippen LogP contribution >= 0.6 is 11.3 Å². The monoisotopic (exact) mass is 613 g/mol. The molecule has 2 heteroatoms. The number of benzene rings is 9. The largest absolute Gasteiger partial charge is 0.236 e. The van der Waals surface area contributed by atoms with Gasteiger partial charge in [-0.15, -0.1) is 11.3 Å². The first-order chi connectivity index (χ1) is 23.3. The van der Waals surface area contributed by atoms with Crippen LogP contribution in [0.5, 0.6) is 0 Å². The van der Waals surface area contributed by atoms with Crippen molar-refractivity contribution in [3.8, 4) is 32.8 Å². The SMILES string of the molecule is c1ccc(-c2nc3ccc4ccc5ccc(-c6ccc(-c7ccc8c9ccccc9c9ccccc9c8c7)cc6)cc5c4c3s2)cc1. The van der Waals surface area contributed by atoms with Crippen molar-refractivity contribution in [2.45, 2.75) is 0 Å². The minimum Gasteiger partial charge on any atom is -0.236 e. The molecular formula is C45H27NS. The molecule has 47 heavy (non-hydrogen) atoms. The van der Waals surface area contributed by atoms with Gasteiger partial charge >= 0.3 is 0 Å². The van der Waals surface area contributed by atoms with Crippen LogP contribution in [0.15, 0.2) is 164 Å². The summed E-state index contributed by atoms with van der Waals surface area (Å²) in [6.45, 7) is 0. The summed E-state index contributed by atoms with van der Waals surface area (Å²) >= 11 is 1.79. The molecule has 0 unspecified atom stereocenters. The number of rotatable bonds is 3. The number of hydrogen-bond donors (Lipinski definition) is 0. The normalized spacial score (nSPS) is 11.8. The maximum Gasteiger partial charge on any atom is 0.124 e. The number of nitrogens with zero attached hydrogens (tertiary/aromatic N) is 1. The maximum absolute atomic E-state index is 5.03. The lowest BCUT2D eigenvalue weighted by Crippen LogP contribution is -1.85. The second kappa shape index (κ2) is 10.3. The summed E-state index contributed by atoms with van der Waals surface area (Å²) < 4.78 is 1.25. The van der Waals surface area contributed by atoms with E-state index in [0.717, 1.165) is 16.1 Å². The van der Waals surface area contributed by atoms with E-state index in [1.165, 1.54) is 80.8 Å². The van der Waals surface area contributed by atoms with E-state index in [4.69, 9.17) is 4.98 Å². The van der Waals surface area contributed by atoms with Crippen molar-refractivity contribution in [3.63, 3.8) is 0 Å². The first-order valence-electron chi connectivity index (χ1n) is 16.0. The Balaban J connectivity index is 1.08. The lowest BCUT2D eigenvalue weighted by molar-refractivity contribution is 1.48. The fourth-order valence-corrected chi connectivity index (χ4v) is 8.49. The molecule has 0 aliphatic heterocycles. The summed E-state index contributed by atoms with van der Waals surface area (Å²) in [5, 5.41) is 13.9. The lowest BCUT2D eigenvalue weighted by atomic mass is 9.91. The molecule has 218 valence electrons. The van der Waals surface area contributed by atoms with Gasteiger partial charge in [-0.25, -0.2) is 4.98 Å². The van der Waals surface area contributed by atoms with Crippen molar-refractivity contribution in [2.75, 3.05) is 0 Å². The number of thiazole rings is 1. The van der Waals surface area contributed by atoms with Crippen LogP contribution < -0.4 is 0 Å². The highest BCUT2D eigenvalue weighted by Gasteiger charge is 2.13. The third kappa shape index (κ3) is 4.19. The molecule has 0 aliphatic rings. The summed E-state index contributed by atoms with van der Waals surface area (Å²) in [5.74, 6) is 0. The predicted octanol–water partition coefficient (Wildman–Crippen LogP) is 13.1. The van der Waals surface area contributed by atoms with Gasteiger partial charge < -0.3 is 0 Å². The molecule has 0 spiro atoms. The second-order valence-corrected chi connectivity index (χ2v) is 13.3. The van der Waals surface area contributed by atoms with Gasteiger partial charge in [0.05, 0.1) is 10.2 Å². The third-order valence-electron chi connectivity index (χ3n) is 9.67. The van der Waals surface area contributed by atoms with Crippen molar-refractivity contribution >= 4 is 75.4 Å². The van der Waals surface area contributed by atoms with Crippen molar-refractivity contribution in [3.05, 3.63) is 164 Å². The van der Waals surface area contributed by atoms with Gasteiger partial charge in [-0.2, -0.15) is 0 Å². The topological polar surface area (TPSA) is 12.9 Å². The first-order valence-corrected chi connectivity index (χ1v) is 16.9. The summed E-state index contributed by atoms with van der Waals surface area (Å²) in [6.07, 6.45) is 0. The number of hydrogen-bond acceptors (Lipinski definition) is 2. The smallest absolute Gasteiger partial charge is 0.124 e. The van der Waals surface area contributed by atoms with Crippen molar-refractivity contribution in [1.82, 2.24) is 4.98 Å². The molecule has 0 saturated carbocycles. The zero-order chi connectivity index (χ0) is 30.9. The summed E-state index contributed by atoms with van der Waals surface area (Å²) in [6, 6.07) is 59.7. The van der Waals surface area contributed by atoms with Gasteiger partial charge in [-0.1, -0.05) is 146 Å². The van der Waals surface area contributed by atoms with E-state index >= 15 is 0 Å². The molecule has 0 radical (unpaired) electrons. The fourth-order valence-electron chi connectivity index (χ4n) is 7.35. The highest BCUT2D eigenvalue weighted by atomic mass is 32.1. The Morgan fingerprint density at radius 3 is 1.51 bits per heavy atom. The van der Waals surface area contributed by atoms with E-state index in [1.807, 2.05) is 0 Å². The van der Waals surface area contributed by atoms with E-state index in [0.29, 0.717) is 0 Å². The first kappa shape index (κ1) is 26.4. The van der Waals surface area contributed by atoms with Gasteiger partial charge in [0.25, 0.3) is 0 Å². The van der Waals surface area contributed by atoms with Gasteiger partial charge in [-0.05, 0) is 88.9 Å². The molecule has 0 fully saturated rings. The molecule has 0 atom stereocenters. The number of aromatic nitrogens is 1. The second-order valence-electron chi connectivity index (χ2n) is 12.3. The van der Waals surface area contributed by atoms with Gasteiger partial charge in [0.2, 0.25) is 0 Å². The van der Waals surface area contributed by atoms with Crippen LogP contribution in [0.2, 0.25) is 0 Å². The van der Waals surface area contributed by atoms with Crippen LogP contribution in [0.3, 0.4) is 0 Å². The van der Waals surface area contributed by atoms with Crippen LogP contribution in [-0.2, 0) is 0 Å². The van der Waals surface area contributed by atoms with Gasteiger partial charge in [0.15, 0.2) is 0 Å². The number of fused-ring (bicyclic) bond motifs is 11. The molecule has 0 amide bonds. The zero-order valence-electron chi connectivity index (χ0n) is 25.4. The minimum atomic E-state index is 1.06. The predicted molar refractivity (Wildman–Crippen MR) is 203 cm³/mol. The van der Waals surface area contributed by atoms with E-state index < -0.39 is 0 Å². The van der Waals surface area contributed by atoms with Crippen LogP contribution in [-0.4, -0.2) is 4.98 Å². The molecule has 10 rings (SSSR count). The summed E-state index contributed by atoms with van der Waals surface area (Å²) in [5.41, 5.74) is 7.11. The minimum absolute atomic E-state index is 1.06. The van der Waals surface area contributed by atoms with E-state index in [2.05, 4.69) is 164 Å². The van der Waals surface area contributed by atoms with Crippen molar-refractivity contribution in [1.29, 1.82) is 0 Å². The maximum atomic E-state index is 5.03. The highest BCUT2D eigenvalue weighted by molar-refractivity contribution is 7.22. The molecule has 1 heterocycles. The Labute approximate surface area is 276 Å². The van der Waals surface area contributed by atoms with E-state index in [-0.39, 0.29) is 0 Å². The summed E-state index contributed by atoms with van der Waals surface area (Å²) in [7, 11) is 0. The van der Waals surface area contributed by atoms with Gasteiger partial charge in [0, 0.05) is 10.9 Å². The molecule has 1 nitrogen and oxygen atoms in total. The van der Waals surface area contributed by atoms with Crippen molar-refractivity contribution in [2.24, 2.45) is 0 Å². The average molecular weight is 614 g/mol. The highest BCUT2D eigenvalue weighted by Crippen LogP contribution is 2.40. The third-order valence-corrected chi connectivity index (χ3v) is 10.8. The lowest BCUT2D eigenvalue weighted by Gasteiger charge is -2.12. The van der Waals surface area contributed by atoms with Gasteiger partial charge in [-0.3, -0.25) is 0 Å². The average Bonchev–Trinajstić information content (AvgIpc) is 3.60. The zero-order valence-corrected chi connectivity index (χ0v) is 26.3. The standard InChI is InChI=1S/C45H27NS/c1-2-8-32(9-3-1)45-46-42-25-23-31-20-18-30-19-21-33(26-40(30)43(31)44(42)47-45)28-14-16-29(17-15-28)34-22-24-39-37-12-5-4-10-35(37)36-11-6-7-13-38(36)41(39)27-34/h1-27H. The molecule has 0 bridgehead atoms. The molecular weight excluding hydrogens is 587 g/mol. The molecule has 0 N–H and O–H groups in total. The van der Waals surface area contributed by atoms with Crippen LogP contribution in [0.1, 0.15) is 0 Å². The quantitative estimate of drug-likeness (QED) is 0.181. The Kier molecular flexibility index (Phi) is 5.81. The molecule has 0 saturated heterocycles. The Morgan fingerprint density at radius 2 is 0.830 bits per heavy atom. The summed E-state index contributed by atoms with van der Waals surface area (Å²) in [4.78, 5) is 5.03. The van der Waals surface area contributed by atoms with E-state index in [9.17, 15) is 0 Å². The van der Waals surface area contributed by atoms with E-state index in [1.54, 1.807) is 11.3 Å². The fraction of sp³-hybridized carbons (Fsp3) is 0. The molecule has 0 aliphatic carbocycles. The molecule has 1 aromatic heterocycles. The van der Waals surface area contributed by atoms with Crippen LogP contribution in [0, 0.1) is 0 Å². The molecule has 9 aromatic carbocycles. The Morgan fingerprint density at radius 1 is 0.340 bits per heavy atom. The van der Waals surface area contributed by atoms with Gasteiger partial charge in [0.1, 0.15) is 5.01 Å². The molecule has 10 aromatic rings. The van der Waals surface area contributed by atoms with Crippen LogP contribution in [0.4, 0.5) is 0 Å². The van der Waals surface area contributed by atoms with Crippen LogP contribution in [0.25, 0.3) is 96.9 Å². The Bertz CT molecular complexity index is 2790.